The van der Waals surface area contributed by atoms with Gasteiger partial charge < -0.3 is 0 Å². The van der Waals surface area contributed by atoms with E-state index in [0.29, 0.717) is 11.1 Å². The van der Waals surface area contributed by atoms with Crippen molar-refractivity contribution in [3.05, 3.63) is 35.4 Å². The van der Waals surface area contributed by atoms with E-state index in [-0.39, 0.29) is 18.4 Å². The van der Waals surface area contributed by atoms with Crippen LogP contribution < -0.4 is 5.14 Å². The van der Waals surface area contributed by atoms with Crippen LogP contribution in [0.2, 0.25) is 0 Å². The highest BCUT2D eigenvalue weighted by molar-refractivity contribution is 7.89. The molecule has 6 nitrogen and oxygen atoms in total. The first-order valence-corrected chi connectivity index (χ1v) is 8.30. The van der Waals surface area contributed by atoms with E-state index in [2.05, 4.69) is 0 Å². The Bertz CT molecular complexity index is 682. The van der Waals surface area contributed by atoms with Crippen molar-refractivity contribution in [1.82, 2.24) is 0 Å². The number of sulfonamides is 1. The fourth-order valence-electron chi connectivity index (χ4n) is 2.77. The number of quaternary nitrogens is 1. The lowest BCUT2D eigenvalue weighted by atomic mass is 10.0. The van der Waals surface area contributed by atoms with Gasteiger partial charge in [-0.1, -0.05) is 12.1 Å². The molecule has 1 heterocycles. The number of amides is 2. The summed E-state index contributed by atoms with van der Waals surface area (Å²) in [4.78, 5) is 25.6. The van der Waals surface area contributed by atoms with Crippen LogP contribution in [0.25, 0.3) is 0 Å². The third-order valence-electron chi connectivity index (χ3n) is 3.94. The van der Waals surface area contributed by atoms with Gasteiger partial charge >= 0.3 is 11.8 Å². The van der Waals surface area contributed by atoms with E-state index in [1.54, 1.807) is 45.0 Å². The Morgan fingerprint density at radius 1 is 1.05 bits per heavy atom. The van der Waals surface area contributed by atoms with Crippen molar-refractivity contribution in [1.29, 1.82) is 0 Å². The second-order valence-corrected chi connectivity index (χ2v) is 7.96. The number of carbonyl (C=O) groups is 2. The summed E-state index contributed by atoms with van der Waals surface area (Å²) in [6, 6.07) is 6.56. The Balaban J connectivity index is 2.59. The molecule has 1 aliphatic heterocycles. The van der Waals surface area contributed by atoms with Crippen molar-refractivity contribution < 1.29 is 22.5 Å². The zero-order chi connectivity index (χ0) is 16.1. The second kappa shape index (κ2) is 4.72. The van der Waals surface area contributed by atoms with Crippen LogP contribution in [0.3, 0.4) is 0 Å². The molecule has 0 saturated heterocycles. The van der Waals surface area contributed by atoms with Crippen LogP contribution in [0.15, 0.2) is 24.3 Å². The van der Waals surface area contributed by atoms with E-state index in [9.17, 15) is 18.0 Å². The Kier molecular flexibility index (Phi) is 3.56. The van der Waals surface area contributed by atoms with Gasteiger partial charge in [0.05, 0.1) is 11.1 Å². The molecule has 0 aliphatic carbocycles. The van der Waals surface area contributed by atoms with Crippen molar-refractivity contribution in [2.75, 3.05) is 12.3 Å². The molecule has 0 saturated carbocycles. The maximum atomic E-state index is 12.8. The standard InChI is InChI=1S/C14H19N2O4S/c1-14(2,3)16(8-9-21(15,19)20)12(17)10-6-4-5-7-11(10)13(16)18/h4-7H,8-9H2,1-3H3,(H2,15,19,20)/q+1. The van der Waals surface area contributed by atoms with Crippen LogP contribution in [-0.4, -0.2) is 42.6 Å². The van der Waals surface area contributed by atoms with Crippen LogP contribution >= 0.6 is 0 Å². The van der Waals surface area contributed by atoms with Crippen LogP contribution in [0, 0.1) is 0 Å². The molecule has 0 unspecified atom stereocenters. The zero-order valence-corrected chi connectivity index (χ0v) is 13.1. The van der Waals surface area contributed by atoms with Gasteiger partial charge in [0.2, 0.25) is 10.0 Å². The Morgan fingerprint density at radius 3 is 1.81 bits per heavy atom. The van der Waals surface area contributed by atoms with E-state index in [1.165, 1.54) is 0 Å². The number of fused-ring (bicyclic) bond motifs is 1. The normalized spacial score (nSPS) is 17.9. The average Bonchev–Trinajstić information content (AvgIpc) is 2.57. The van der Waals surface area contributed by atoms with Crippen molar-refractivity contribution in [3.8, 4) is 0 Å². The summed E-state index contributed by atoms with van der Waals surface area (Å²) in [6.45, 7) is 5.09. The highest BCUT2D eigenvalue weighted by Crippen LogP contribution is 2.37. The van der Waals surface area contributed by atoms with Crippen LogP contribution in [0.5, 0.6) is 0 Å². The predicted octanol–water partition coefficient (Wildman–Crippen LogP) is 0.884. The van der Waals surface area contributed by atoms with Gasteiger partial charge in [-0.15, -0.1) is 0 Å². The third-order valence-corrected chi connectivity index (χ3v) is 4.69. The number of benzene rings is 1. The van der Waals surface area contributed by atoms with Crippen LogP contribution in [-0.2, 0) is 10.0 Å². The van der Waals surface area contributed by atoms with Crippen molar-refractivity contribution in [2.45, 2.75) is 26.3 Å². The number of primary sulfonamides is 1. The van der Waals surface area contributed by atoms with Crippen LogP contribution in [0.4, 0.5) is 0 Å². The number of hydrogen-bond acceptors (Lipinski definition) is 4. The first kappa shape index (κ1) is 15.8. The Morgan fingerprint density at radius 2 is 1.48 bits per heavy atom. The molecular formula is C14H19N2O4S+. The van der Waals surface area contributed by atoms with Gasteiger partial charge in [-0.05, 0) is 32.9 Å². The lowest BCUT2D eigenvalue weighted by molar-refractivity contribution is -0.812. The number of nitrogens with zero attached hydrogens (tertiary/aromatic N) is 1. The minimum Gasteiger partial charge on any atom is -0.229 e. The predicted molar refractivity (Wildman–Crippen MR) is 78.0 cm³/mol. The number of rotatable bonds is 3. The molecule has 1 aliphatic rings. The molecule has 2 N–H and O–H groups in total. The molecule has 1 aromatic rings. The second-order valence-electron chi connectivity index (χ2n) is 6.23. The minimum atomic E-state index is -3.76. The summed E-state index contributed by atoms with van der Waals surface area (Å²) >= 11 is 0. The highest BCUT2D eigenvalue weighted by Gasteiger charge is 2.60. The van der Waals surface area contributed by atoms with E-state index in [1.807, 2.05) is 0 Å². The van der Waals surface area contributed by atoms with E-state index < -0.39 is 25.8 Å². The van der Waals surface area contributed by atoms with Crippen molar-refractivity contribution in [3.63, 3.8) is 0 Å². The number of hydrogen-bond donors (Lipinski definition) is 1. The number of imide groups is 1. The molecule has 2 amide bonds. The van der Waals surface area contributed by atoms with Gasteiger partial charge in [-0.3, -0.25) is 0 Å². The first-order valence-electron chi connectivity index (χ1n) is 6.58. The molecule has 0 spiro atoms. The summed E-state index contributed by atoms with van der Waals surface area (Å²) in [5, 5.41) is 5.05. The van der Waals surface area contributed by atoms with Gasteiger partial charge in [0.25, 0.3) is 0 Å². The maximum Gasteiger partial charge on any atom is 0.355 e. The molecule has 0 radical (unpaired) electrons. The van der Waals surface area contributed by atoms with Gasteiger partial charge in [0, 0.05) is 0 Å². The Hall–Kier alpha value is -1.57. The topological polar surface area (TPSA) is 94.3 Å². The summed E-state index contributed by atoms with van der Waals surface area (Å²) in [7, 11) is -3.76. The van der Waals surface area contributed by atoms with E-state index >= 15 is 0 Å². The molecule has 7 heteroatoms. The van der Waals surface area contributed by atoms with E-state index in [0.717, 1.165) is 0 Å². The summed E-state index contributed by atoms with van der Waals surface area (Å²) in [5.41, 5.74) is -0.0867. The number of nitrogens with two attached hydrogens (primary N) is 1. The third kappa shape index (κ3) is 2.41. The zero-order valence-electron chi connectivity index (χ0n) is 12.3. The maximum absolute atomic E-state index is 12.8. The first-order chi connectivity index (χ1) is 9.51. The summed E-state index contributed by atoms with van der Waals surface area (Å²) in [6.07, 6.45) is 0. The fraction of sp³-hybridized carbons (Fsp3) is 0.429. The van der Waals surface area contributed by atoms with Crippen molar-refractivity contribution >= 4 is 21.8 Å². The monoisotopic (exact) mass is 311 g/mol. The molecule has 0 fully saturated rings. The molecule has 21 heavy (non-hydrogen) atoms. The Labute approximate surface area is 124 Å². The lowest BCUT2D eigenvalue weighted by Gasteiger charge is -2.40. The molecular weight excluding hydrogens is 292 g/mol. The quantitative estimate of drug-likeness (QED) is 0.662. The van der Waals surface area contributed by atoms with Gasteiger partial charge in [-0.2, -0.15) is 4.48 Å². The van der Waals surface area contributed by atoms with E-state index in [4.69, 9.17) is 5.14 Å². The van der Waals surface area contributed by atoms with Gasteiger partial charge in [0.15, 0.2) is 0 Å². The largest absolute Gasteiger partial charge is 0.355 e. The van der Waals surface area contributed by atoms with Gasteiger partial charge in [-0.25, -0.2) is 23.1 Å². The SMILES string of the molecule is CC(C)(C)[N+]1(CCS(N)(=O)=O)C(=O)c2ccccc2C1=O. The van der Waals surface area contributed by atoms with Crippen LogP contribution in [0.1, 0.15) is 41.5 Å². The lowest BCUT2D eigenvalue weighted by Crippen LogP contribution is -2.65. The highest BCUT2D eigenvalue weighted by atomic mass is 32.2. The number of carbonyl (C=O) groups excluding carboxylic acids is 2. The molecule has 114 valence electrons. The molecule has 0 aromatic heterocycles. The summed E-state index contributed by atoms with van der Waals surface area (Å²) in [5.74, 6) is -1.16. The molecule has 0 atom stereocenters. The van der Waals surface area contributed by atoms with Crippen molar-refractivity contribution in [2.24, 2.45) is 5.14 Å². The fourth-order valence-corrected chi connectivity index (χ4v) is 3.30. The average molecular weight is 311 g/mol. The molecule has 2 rings (SSSR count). The summed E-state index contributed by atoms with van der Waals surface area (Å²) < 4.78 is 22.0. The minimum absolute atomic E-state index is 0.158. The van der Waals surface area contributed by atoms with Gasteiger partial charge in [0.1, 0.15) is 17.8 Å². The smallest absolute Gasteiger partial charge is 0.229 e. The molecule has 0 bridgehead atoms. The molecule has 1 aromatic carbocycles.